The lowest BCUT2D eigenvalue weighted by Gasteiger charge is -2.46. The van der Waals surface area contributed by atoms with Gasteiger partial charge in [0.25, 0.3) is 0 Å². The first-order valence-electron chi connectivity index (χ1n) is 37.5. The Kier molecular flexibility index (Phi) is 56.2. The van der Waals surface area contributed by atoms with Crippen molar-refractivity contribution in [1.29, 1.82) is 0 Å². The van der Waals surface area contributed by atoms with Crippen molar-refractivity contribution in [3.8, 4) is 0 Å². The van der Waals surface area contributed by atoms with Gasteiger partial charge >= 0.3 is 0 Å². The molecule has 2 saturated heterocycles. The van der Waals surface area contributed by atoms with Gasteiger partial charge in [0.15, 0.2) is 12.6 Å². The van der Waals surface area contributed by atoms with Crippen LogP contribution in [0.25, 0.3) is 0 Å². The van der Waals surface area contributed by atoms with Crippen LogP contribution in [-0.2, 0) is 23.7 Å². The van der Waals surface area contributed by atoms with Gasteiger partial charge in [-0.3, -0.25) is 4.79 Å². The summed E-state index contributed by atoms with van der Waals surface area (Å²) in [5.41, 5.74) is 0. The third-order valence-corrected chi connectivity index (χ3v) is 18.2. The van der Waals surface area contributed by atoms with Crippen LogP contribution in [0.15, 0.2) is 60.8 Å². The molecule has 0 spiro atoms. The number of hydrogen-bond donors (Lipinski definition) is 9. The van der Waals surface area contributed by atoms with E-state index >= 15 is 0 Å². The van der Waals surface area contributed by atoms with Crippen molar-refractivity contribution in [1.82, 2.24) is 5.32 Å². The largest absolute Gasteiger partial charge is 0.394 e. The number of unbranched alkanes of at least 4 members (excludes halogenated alkanes) is 41. The number of amides is 1. The van der Waals surface area contributed by atoms with E-state index in [9.17, 15) is 45.6 Å². The van der Waals surface area contributed by atoms with Gasteiger partial charge in [-0.25, -0.2) is 0 Å². The normalized spacial score (nSPS) is 23.2. The molecule has 2 fully saturated rings. The van der Waals surface area contributed by atoms with E-state index in [1.54, 1.807) is 6.08 Å². The van der Waals surface area contributed by atoms with Gasteiger partial charge in [0.05, 0.1) is 32.0 Å². The summed E-state index contributed by atoms with van der Waals surface area (Å²) in [6, 6.07) is -0.943. The average molecular weight is 1270 g/mol. The molecule has 12 atom stereocenters. The Balaban J connectivity index is 1.67. The maximum Gasteiger partial charge on any atom is 0.220 e. The fourth-order valence-corrected chi connectivity index (χ4v) is 12.2. The monoisotopic (exact) mass is 1270 g/mol. The van der Waals surface area contributed by atoms with E-state index in [2.05, 4.69) is 67.8 Å². The maximum absolute atomic E-state index is 13.3. The molecular formula is C76H139NO13. The van der Waals surface area contributed by atoms with Crippen LogP contribution >= 0.6 is 0 Å². The van der Waals surface area contributed by atoms with E-state index in [0.717, 1.165) is 51.4 Å². The number of hydrogen-bond acceptors (Lipinski definition) is 13. The van der Waals surface area contributed by atoms with E-state index in [0.29, 0.717) is 12.8 Å². The van der Waals surface area contributed by atoms with Crippen LogP contribution in [0.2, 0.25) is 0 Å². The molecule has 2 aliphatic rings. The van der Waals surface area contributed by atoms with E-state index in [1.807, 2.05) is 6.08 Å². The Morgan fingerprint density at radius 3 is 1.16 bits per heavy atom. The van der Waals surface area contributed by atoms with Crippen molar-refractivity contribution >= 4 is 5.91 Å². The van der Waals surface area contributed by atoms with Crippen LogP contribution in [0.3, 0.4) is 0 Å². The molecule has 0 radical (unpaired) electrons. The minimum Gasteiger partial charge on any atom is -0.394 e. The molecule has 9 N–H and O–H groups in total. The number of rotatable bonds is 62. The molecule has 14 heteroatoms. The molecule has 2 rings (SSSR count). The number of aliphatic hydroxyl groups is 8. The number of carbonyl (C=O) groups is 1. The van der Waals surface area contributed by atoms with Crippen molar-refractivity contribution in [2.24, 2.45) is 0 Å². The number of carbonyl (C=O) groups excluding carboxylic acids is 1. The Bertz CT molecular complexity index is 1740. The zero-order chi connectivity index (χ0) is 65.2. The third kappa shape index (κ3) is 43.6. The van der Waals surface area contributed by atoms with Gasteiger partial charge in [-0.1, -0.05) is 299 Å². The summed E-state index contributed by atoms with van der Waals surface area (Å²) < 4.78 is 22.9. The predicted octanol–water partition coefficient (Wildman–Crippen LogP) is 16.0. The first-order chi connectivity index (χ1) is 44.1. The quantitative estimate of drug-likeness (QED) is 0.0204. The van der Waals surface area contributed by atoms with Crippen molar-refractivity contribution in [2.45, 2.75) is 396 Å². The minimum atomic E-state index is -1.80. The summed E-state index contributed by atoms with van der Waals surface area (Å²) in [6.07, 6.45) is 64.4. The molecule has 1 amide bonds. The molecular weight excluding hydrogens is 1130 g/mol. The molecule has 2 aliphatic heterocycles. The molecule has 0 aromatic carbocycles. The average Bonchev–Trinajstić information content (AvgIpc) is 1.28. The van der Waals surface area contributed by atoms with E-state index in [-0.39, 0.29) is 18.9 Å². The minimum absolute atomic E-state index is 0.253. The van der Waals surface area contributed by atoms with Crippen molar-refractivity contribution in [2.75, 3.05) is 19.8 Å². The third-order valence-electron chi connectivity index (χ3n) is 18.2. The van der Waals surface area contributed by atoms with Gasteiger partial charge in [-0.05, 0) is 77.0 Å². The van der Waals surface area contributed by atoms with E-state index in [4.69, 9.17) is 18.9 Å². The predicted molar refractivity (Wildman–Crippen MR) is 369 cm³/mol. The number of allylic oxidation sites excluding steroid dienone is 9. The van der Waals surface area contributed by atoms with Gasteiger partial charge in [0.1, 0.15) is 48.8 Å². The smallest absolute Gasteiger partial charge is 0.220 e. The maximum atomic E-state index is 13.3. The molecule has 12 unspecified atom stereocenters. The van der Waals surface area contributed by atoms with Crippen LogP contribution in [0.1, 0.15) is 322 Å². The van der Waals surface area contributed by atoms with Crippen molar-refractivity contribution in [3.05, 3.63) is 60.8 Å². The topological polar surface area (TPSA) is 228 Å². The molecule has 526 valence electrons. The highest BCUT2D eigenvalue weighted by molar-refractivity contribution is 5.76. The highest BCUT2D eigenvalue weighted by Gasteiger charge is 2.51. The number of ether oxygens (including phenoxy) is 4. The second-order valence-corrected chi connectivity index (χ2v) is 26.4. The summed E-state index contributed by atoms with van der Waals surface area (Å²) in [4.78, 5) is 13.3. The summed E-state index contributed by atoms with van der Waals surface area (Å²) >= 11 is 0. The van der Waals surface area contributed by atoms with Gasteiger partial charge in [0.2, 0.25) is 5.91 Å². The first kappa shape index (κ1) is 83.8. The molecule has 14 nitrogen and oxygen atoms in total. The zero-order valence-electron chi connectivity index (χ0n) is 57.4. The second kappa shape index (κ2) is 60.4. The lowest BCUT2D eigenvalue weighted by atomic mass is 9.97. The van der Waals surface area contributed by atoms with Crippen LogP contribution in [0, 0.1) is 0 Å². The molecule has 0 bridgehead atoms. The van der Waals surface area contributed by atoms with Crippen LogP contribution in [0.4, 0.5) is 0 Å². The van der Waals surface area contributed by atoms with Gasteiger partial charge in [-0.15, -0.1) is 0 Å². The molecule has 0 aliphatic carbocycles. The standard InChI is InChI=1S/C76H139NO13/c1-3-5-7-9-11-13-15-17-19-21-23-25-27-28-29-30-31-32-33-34-35-36-38-39-41-43-45-47-49-51-53-55-57-59-65(80)64(63-87-75-73(86)71(84)74(67(62-79)89-75)90-76-72(85)70(83)69(82)66(61-78)88-76)77-68(81)60-58-56-54-52-50-48-46-44-42-40-37-26-24-22-20-18-16-14-12-10-8-6-4-2/h16,18,22,24,41,43,49,51,57,59,64-67,69-76,78-80,82-86H,3-15,17,19-21,23,25-40,42,44-48,50,52-56,58,60-63H2,1-2H3,(H,77,81)/b18-16-,24-22-,43-41+,51-49+,59-57+. The van der Waals surface area contributed by atoms with Crippen LogP contribution < -0.4 is 5.32 Å². The summed E-state index contributed by atoms with van der Waals surface area (Å²) in [5.74, 6) is -0.253. The van der Waals surface area contributed by atoms with Crippen molar-refractivity contribution < 1.29 is 64.6 Å². The van der Waals surface area contributed by atoms with E-state index < -0.39 is 86.8 Å². The second-order valence-electron chi connectivity index (χ2n) is 26.4. The SMILES string of the molecule is CCCCCCC/C=C\C/C=C\CCCCCCCCCCCCCC(=O)NC(COC1OC(CO)C(OC2OC(CO)C(O)C(O)C2O)C(O)C1O)C(O)/C=C/CC/C=C/CC/C=C/CCCCCCCCCCCCCCCCCCCCCCCCC. The Morgan fingerprint density at radius 1 is 0.400 bits per heavy atom. The first-order valence-corrected chi connectivity index (χ1v) is 37.5. The summed E-state index contributed by atoms with van der Waals surface area (Å²) in [7, 11) is 0. The summed E-state index contributed by atoms with van der Waals surface area (Å²) in [5, 5.41) is 87.5. The highest BCUT2D eigenvalue weighted by Crippen LogP contribution is 2.30. The van der Waals surface area contributed by atoms with Gasteiger partial charge in [-0.2, -0.15) is 0 Å². The Morgan fingerprint density at radius 2 is 0.744 bits per heavy atom. The Labute approximate surface area is 549 Å². The molecule has 0 aromatic rings. The number of nitrogens with one attached hydrogen (secondary N) is 1. The zero-order valence-corrected chi connectivity index (χ0v) is 57.4. The summed E-state index contributed by atoms with van der Waals surface area (Å²) in [6.45, 7) is 2.80. The number of aliphatic hydroxyl groups excluding tert-OH is 8. The van der Waals surface area contributed by atoms with Crippen LogP contribution in [-0.4, -0.2) is 140 Å². The fraction of sp³-hybridized carbons (Fsp3) is 0.855. The van der Waals surface area contributed by atoms with Gasteiger partial charge in [0, 0.05) is 6.42 Å². The molecule has 0 aromatic heterocycles. The van der Waals surface area contributed by atoms with Crippen molar-refractivity contribution in [3.63, 3.8) is 0 Å². The molecule has 2 heterocycles. The molecule has 90 heavy (non-hydrogen) atoms. The van der Waals surface area contributed by atoms with Crippen LogP contribution in [0.5, 0.6) is 0 Å². The lowest BCUT2D eigenvalue weighted by Crippen LogP contribution is -2.65. The highest BCUT2D eigenvalue weighted by atomic mass is 16.7. The molecule has 0 saturated carbocycles. The fourth-order valence-electron chi connectivity index (χ4n) is 12.2. The van der Waals surface area contributed by atoms with Gasteiger partial charge < -0.3 is 65.1 Å². The lowest BCUT2D eigenvalue weighted by molar-refractivity contribution is -0.359. The Hall–Kier alpha value is -2.31. The van der Waals surface area contributed by atoms with E-state index in [1.165, 1.54) is 238 Å².